The van der Waals surface area contributed by atoms with Gasteiger partial charge in [0.15, 0.2) is 5.76 Å². The molecule has 114 valence electrons. The molecule has 0 aromatic carbocycles. The molecule has 3 heteroatoms. The van der Waals surface area contributed by atoms with Crippen LogP contribution in [0.2, 0.25) is 0 Å². The minimum atomic E-state index is -0.0393. The Morgan fingerprint density at radius 1 is 1.29 bits per heavy atom. The molecule has 4 saturated carbocycles. The van der Waals surface area contributed by atoms with Crippen LogP contribution < -0.4 is 5.32 Å². The van der Waals surface area contributed by atoms with Crippen molar-refractivity contribution in [2.45, 2.75) is 57.9 Å². The van der Waals surface area contributed by atoms with Crippen LogP contribution in [0.3, 0.4) is 0 Å². The van der Waals surface area contributed by atoms with E-state index >= 15 is 0 Å². The van der Waals surface area contributed by atoms with Gasteiger partial charge in [-0.3, -0.25) is 4.79 Å². The normalized spacial score (nSPS) is 38.4. The van der Waals surface area contributed by atoms with E-state index in [0.29, 0.717) is 17.2 Å². The molecule has 4 aliphatic carbocycles. The number of carbonyl (C=O) groups excluding carboxylic acids is 1. The van der Waals surface area contributed by atoms with E-state index in [-0.39, 0.29) is 5.91 Å². The van der Waals surface area contributed by atoms with Crippen LogP contribution in [0, 0.1) is 23.2 Å². The molecule has 1 N–H and O–H groups in total. The van der Waals surface area contributed by atoms with Gasteiger partial charge in [0, 0.05) is 6.04 Å². The maximum atomic E-state index is 12.4. The van der Waals surface area contributed by atoms with Gasteiger partial charge >= 0.3 is 0 Å². The highest BCUT2D eigenvalue weighted by Crippen LogP contribution is 2.61. The van der Waals surface area contributed by atoms with Crippen LogP contribution >= 0.6 is 0 Å². The molecule has 4 fully saturated rings. The second kappa shape index (κ2) is 4.89. The van der Waals surface area contributed by atoms with Gasteiger partial charge in [0.2, 0.25) is 0 Å². The smallest absolute Gasteiger partial charge is 0.287 e. The average Bonchev–Trinajstić information content (AvgIpc) is 2.97. The lowest BCUT2D eigenvalue weighted by Gasteiger charge is -2.59. The van der Waals surface area contributed by atoms with Crippen molar-refractivity contribution in [1.82, 2.24) is 5.32 Å². The zero-order valence-electron chi connectivity index (χ0n) is 12.8. The zero-order valence-corrected chi connectivity index (χ0v) is 12.8. The minimum Gasteiger partial charge on any atom is -0.459 e. The fraction of sp³-hybridized carbons (Fsp3) is 0.722. The molecule has 4 aliphatic rings. The van der Waals surface area contributed by atoms with Crippen molar-refractivity contribution in [3.05, 3.63) is 24.2 Å². The highest BCUT2D eigenvalue weighted by atomic mass is 16.3. The third-order valence-electron chi connectivity index (χ3n) is 6.28. The van der Waals surface area contributed by atoms with Gasteiger partial charge in [-0.1, -0.05) is 6.92 Å². The minimum absolute atomic E-state index is 0.0393. The van der Waals surface area contributed by atoms with E-state index in [0.717, 1.165) is 24.2 Å². The first-order valence-corrected chi connectivity index (χ1v) is 8.53. The number of rotatable bonds is 4. The van der Waals surface area contributed by atoms with Crippen molar-refractivity contribution in [2.75, 3.05) is 0 Å². The highest BCUT2D eigenvalue weighted by molar-refractivity contribution is 5.91. The Labute approximate surface area is 126 Å². The molecule has 0 saturated heterocycles. The highest BCUT2D eigenvalue weighted by Gasteiger charge is 2.54. The monoisotopic (exact) mass is 287 g/mol. The molecular formula is C18H25NO2. The van der Waals surface area contributed by atoms with Crippen LogP contribution in [0.4, 0.5) is 0 Å². The second-order valence-corrected chi connectivity index (χ2v) is 7.69. The van der Waals surface area contributed by atoms with Gasteiger partial charge in [0.05, 0.1) is 6.26 Å². The molecule has 1 unspecified atom stereocenters. The SMILES string of the molecule is CCC(NC(=O)c1ccco1)C12CC3CC(CC(C3)C1)C2. The molecule has 1 aromatic heterocycles. The Bertz CT molecular complexity index is 484. The van der Waals surface area contributed by atoms with Crippen LogP contribution in [0.5, 0.6) is 0 Å². The fourth-order valence-corrected chi connectivity index (χ4v) is 5.93. The molecule has 0 aliphatic heterocycles. The summed E-state index contributed by atoms with van der Waals surface area (Å²) in [4.78, 5) is 12.4. The molecule has 1 amide bonds. The van der Waals surface area contributed by atoms with Crippen LogP contribution in [0.25, 0.3) is 0 Å². The van der Waals surface area contributed by atoms with Gasteiger partial charge < -0.3 is 9.73 Å². The fourth-order valence-electron chi connectivity index (χ4n) is 5.93. The van der Waals surface area contributed by atoms with E-state index in [9.17, 15) is 4.79 Å². The average molecular weight is 287 g/mol. The molecule has 4 bridgehead atoms. The first-order chi connectivity index (χ1) is 10.2. The van der Waals surface area contributed by atoms with Crippen molar-refractivity contribution in [2.24, 2.45) is 23.2 Å². The summed E-state index contributed by atoms with van der Waals surface area (Å²) in [6.07, 6.45) is 10.9. The van der Waals surface area contributed by atoms with Gasteiger partial charge in [-0.2, -0.15) is 0 Å². The van der Waals surface area contributed by atoms with E-state index < -0.39 is 0 Å². The Morgan fingerprint density at radius 3 is 2.38 bits per heavy atom. The zero-order chi connectivity index (χ0) is 14.4. The first kappa shape index (κ1) is 13.4. The van der Waals surface area contributed by atoms with Crippen molar-refractivity contribution >= 4 is 5.91 Å². The number of hydrogen-bond donors (Lipinski definition) is 1. The van der Waals surface area contributed by atoms with Crippen molar-refractivity contribution < 1.29 is 9.21 Å². The third-order valence-corrected chi connectivity index (χ3v) is 6.28. The summed E-state index contributed by atoms with van der Waals surface area (Å²) in [7, 11) is 0. The summed E-state index contributed by atoms with van der Waals surface area (Å²) in [5, 5.41) is 3.29. The summed E-state index contributed by atoms with van der Waals surface area (Å²) < 4.78 is 5.25. The quantitative estimate of drug-likeness (QED) is 0.909. The lowest BCUT2D eigenvalue weighted by molar-refractivity contribution is -0.0728. The maximum absolute atomic E-state index is 12.4. The Hall–Kier alpha value is -1.25. The Kier molecular flexibility index (Phi) is 3.13. The number of hydrogen-bond acceptors (Lipinski definition) is 2. The van der Waals surface area contributed by atoms with Crippen LogP contribution in [0.1, 0.15) is 62.4 Å². The first-order valence-electron chi connectivity index (χ1n) is 8.53. The van der Waals surface area contributed by atoms with Gasteiger partial charge in [-0.15, -0.1) is 0 Å². The number of nitrogens with one attached hydrogen (secondary N) is 1. The Morgan fingerprint density at radius 2 is 1.90 bits per heavy atom. The molecule has 0 radical (unpaired) electrons. The summed E-state index contributed by atoms with van der Waals surface area (Å²) in [6.45, 7) is 2.21. The number of amides is 1. The van der Waals surface area contributed by atoms with Crippen LogP contribution in [-0.4, -0.2) is 11.9 Å². The molecule has 21 heavy (non-hydrogen) atoms. The van der Waals surface area contributed by atoms with Gasteiger partial charge in [-0.25, -0.2) is 0 Å². The molecular weight excluding hydrogens is 262 g/mol. The van der Waals surface area contributed by atoms with Crippen molar-refractivity contribution in [1.29, 1.82) is 0 Å². The molecule has 5 rings (SSSR count). The van der Waals surface area contributed by atoms with E-state index in [1.165, 1.54) is 38.5 Å². The lowest BCUT2D eigenvalue weighted by Crippen LogP contribution is -2.56. The molecule has 3 nitrogen and oxygen atoms in total. The second-order valence-electron chi connectivity index (χ2n) is 7.69. The maximum Gasteiger partial charge on any atom is 0.287 e. The third kappa shape index (κ3) is 2.21. The standard InChI is InChI=1S/C18H25NO2/c1-2-16(19-17(20)15-4-3-5-21-15)18-9-12-6-13(10-18)8-14(7-12)11-18/h3-5,12-14,16H,2,6-11H2,1H3,(H,19,20). The summed E-state index contributed by atoms with van der Waals surface area (Å²) in [5.74, 6) is 3.17. The lowest BCUT2D eigenvalue weighted by atomic mass is 9.47. The number of furan rings is 1. The molecule has 1 atom stereocenters. The van der Waals surface area contributed by atoms with Crippen LogP contribution in [0.15, 0.2) is 22.8 Å². The predicted octanol–water partition coefficient (Wildman–Crippen LogP) is 4.00. The van der Waals surface area contributed by atoms with Crippen molar-refractivity contribution in [3.8, 4) is 0 Å². The molecule has 1 heterocycles. The summed E-state index contributed by atoms with van der Waals surface area (Å²) in [6, 6.07) is 3.84. The van der Waals surface area contributed by atoms with Crippen molar-refractivity contribution in [3.63, 3.8) is 0 Å². The summed E-state index contributed by atoms with van der Waals surface area (Å²) in [5.41, 5.74) is 0.367. The van der Waals surface area contributed by atoms with E-state index in [4.69, 9.17) is 4.42 Å². The summed E-state index contributed by atoms with van der Waals surface area (Å²) >= 11 is 0. The molecule has 0 spiro atoms. The van der Waals surface area contributed by atoms with E-state index in [1.54, 1.807) is 18.4 Å². The predicted molar refractivity (Wildman–Crippen MR) is 80.9 cm³/mol. The largest absolute Gasteiger partial charge is 0.459 e. The molecule has 1 aromatic rings. The van der Waals surface area contributed by atoms with Crippen LogP contribution in [-0.2, 0) is 0 Å². The van der Waals surface area contributed by atoms with E-state index in [1.807, 2.05) is 0 Å². The van der Waals surface area contributed by atoms with E-state index in [2.05, 4.69) is 12.2 Å². The Balaban J connectivity index is 1.54. The number of carbonyl (C=O) groups is 1. The van der Waals surface area contributed by atoms with Gasteiger partial charge in [0.25, 0.3) is 5.91 Å². The topological polar surface area (TPSA) is 42.2 Å². The van der Waals surface area contributed by atoms with Gasteiger partial charge in [-0.05, 0) is 80.2 Å². The van der Waals surface area contributed by atoms with Gasteiger partial charge in [0.1, 0.15) is 0 Å².